The number of sulfonamides is 1. The number of ether oxygens (including phenoxy) is 1. The van der Waals surface area contributed by atoms with Crippen LogP contribution in [0.5, 0.6) is 5.75 Å². The molecule has 1 atom stereocenters. The first-order chi connectivity index (χ1) is 11.0. The Morgan fingerprint density at radius 2 is 1.78 bits per heavy atom. The molecule has 0 amide bonds. The number of hydrogen-bond donors (Lipinski definition) is 1. The van der Waals surface area contributed by atoms with Gasteiger partial charge in [-0.3, -0.25) is 0 Å². The molecule has 23 heavy (non-hydrogen) atoms. The molecule has 2 aromatic carbocycles. The van der Waals surface area contributed by atoms with Crippen molar-refractivity contribution in [3.05, 3.63) is 60.4 Å². The summed E-state index contributed by atoms with van der Waals surface area (Å²) >= 11 is 0. The molecular formula is C17H17NO4S. The molecule has 1 heterocycles. The Kier molecular flexibility index (Phi) is 4.11. The number of para-hydroxylation sites is 1. The SMILES string of the molecule is COc1ccc(S(=O)(=O)N[C@@H](C)c2cc3ccccc3o2)cc1. The van der Waals surface area contributed by atoms with Crippen LogP contribution < -0.4 is 9.46 Å². The number of benzene rings is 2. The summed E-state index contributed by atoms with van der Waals surface area (Å²) in [5, 5.41) is 0.943. The molecule has 0 spiro atoms. The van der Waals surface area contributed by atoms with Gasteiger partial charge in [-0.15, -0.1) is 0 Å². The summed E-state index contributed by atoms with van der Waals surface area (Å²) in [5.74, 6) is 1.18. The van der Waals surface area contributed by atoms with E-state index in [1.165, 1.54) is 19.2 Å². The van der Waals surface area contributed by atoms with Crippen LogP contribution in [0.4, 0.5) is 0 Å². The maximum absolute atomic E-state index is 12.4. The van der Waals surface area contributed by atoms with Crippen LogP contribution in [0, 0.1) is 0 Å². The Balaban J connectivity index is 1.83. The van der Waals surface area contributed by atoms with Crippen molar-refractivity contribution in [2.24, 2.45) is 0 Å². The summed E-state index contributed by atoms with van der Waals surface area (Å²) in [5.41, 5.74) is 0.734. The molecule has 0 radical (unpaired) electrons. The molecular weight excluding hydrogens is 314 g/mol. The Labute approximate surface area is 134 Å². The van der Waals surface area contributed by atoms with E-state index in [1.807, 2.05) is 30.3 Å². The smallest absolute Gasteiger partial charge is 0.241 e. The number of methoxy groups -OCH3 is 1. The maximum Gasteiger partial charge on any atom is 0.241 e. The molecule has 3 aromatic rings. The second-order valence-corrected chi connectivity index (χ2v) is 6.92. The van der Waals surface area contributed by atoms with Gasteiger partial charge in [0.1, 0.15) is 17.1 Å². The third-order valence-electron chi connectivity index (χ3n) is 3.57. The van der Waals surface area contributed by atoms with Crippen molar-refractivity contribution in [3.8, 4) is 5.75 Å². The number of rotatable bonds is 5. The topological polar surface area (TPSA) is 68.5 Å². The van der Waals surface area contributed by atoms with Crippen molar-refractivity contribution in [2.45, 2.75) is 17.9 Å². The number of furan rings is 1. The van der Waals surface area contributed by atoms with Crippen LogP contribution in [0.2, 0.25) is 0 Å². The standard InChI is InChI=1S/C17H17NO4S/c1-12(17-11-13-5-3-4-6-16(13)22-17)18-23(19,20)15-9-7-14(21-2)8-10-15/h3-12,18H,1-2H3/t12-/m0/s1. The zero-order valence-corrected chi connectivity index (χ0v) is 13.6. The highest BCUT2D eigenvalue weighted by Gasteiger charge is 2.20. The van der Waals surface area contributed by atoms with Crippen LogP contribution in [0.25, 0.3) is 11.0 Å². The molecule has 5 nitrogen and oxygen atoms in total. The van der Waals surface area contributed by atoms with Crippen molar-refractivity contribution in [1.29, 1.82) is 0 Å². The first-order valence-electron chi connectivity index (χ1n) is 7.14. The largest absolute Gasteiger partial charge is 0.497 e. The second kappa shape index (κ2) is 6.06. The zero-order valence-electron chi connectivity index (χ0n) is 12.8. The van der Waals surface area contributed by atoms with Crippen LogP contribution in [0.3, 0.4) is 0 Å². The van der Waals surface area contributed by atoms with Gasteiger partial charge in [-0.1, -0.05) is 18.2 Å². The Bertz CT molecular complexity index is 880. The van der Waals surface area contributed by atoms with Crippen LogP contribution in [-0.4, -0.2) is 15.5 Å². The normalized spacial score (nSPS) is 13.1. The average Bonchev–Trinajstić information content (AvgIpc) is 2.99. The van der Waals surface area contributed by atoms with Gasteiger partial charge in [0.25, 0.3) is 0 Å². The highest BCUT2D eigenvalue weighted by Crippen LogP contribution is 2.25. The van der Waals surface area contributed by atoms with Gasteiger partial charge in [-0.05, 0) is 43.3 Å². The minimum absolute atomic E-state index is 0.182. The van der Waals surface area contributed by atoms with Gasteiger partial charge < -0.3 is 9.15 Å². The summed E-state index contributed by atoms with van der Waals surface area (Å²) < 4.78 is 38.2. The maximum atomic E-state index is 12.4. The minimum Gasteiger partial charge on any atom is -0.497 e. The third kappa shape index (κ3) is 3.23. The highest BCUT2D eigenvalue weighted by atomic mass is 32.2. The van der Waals surface area contributed by atoms with E-state index in [0.29, 0.717) is 11.5 Å². The molecule has 0 bridgehead atoms. The molecule has 3 rings (SSSR count). The molecule has 0 saturated carbocycles. The quantitative estimate of drug-likeness (QED) is 0.777. The van der Waals surface area contributed by atoms with E-state index in [4.69, 9.17) is 9.15 Å². The minimum atomic E-state index is -3.64. The van der Waals surface area contributed by atoms with Crippen molar-refractivity contribution in [3.63, 3.8) is 0 Å². The number of fused-ring (bicyclic) bond motifs is 1. The average molecular weight is 331 g/mol. The van der Waals surface area contributed by atoms with E-state index in [-0.39, 0.29) is 4.90 Å². The fraction of sp³-hybridized carbons (Fsp3) is 0.176. The predicted molar refractivity (Wildman–Crippen MR) is 87.9 cm³/mol. The van der Waals surface area contributed by atoms with E-state index in [9.17, 15) is 8.42 Å². The Morgan fingerprint density at radius 1 is 1.09 bits per heavy atom. The predicted octanol–water partition coefficient (Wildman–Crippen LogP) is 3.48. The molecule has 0 aliphatic heterocycles. The summed E-state index contributed by atoms with van der Waals surface area (Å²) in [6.45, 7) is 1.75. The summed E-state index contributed by atoms with van der Waals surface area (Å²) in [6.07, 6.45) is 0. The highest BCUT2D eigenvalue weighted by molar-refractivity contribution is 7.89. The fourth-order valence-electron chi connectivity index (χ4n) is 2.33. The zero-order chi connectivity index (χ0) is 16.4. The van der Waals surface area contributed by atoms with Gasteiger partial charge in [0.2, 0.25) is 10.0 Å². The lowest BCUT2D eigenvalue weighted by molar-refractivity contribution is 0.414. The summed E-state index contributed by atoms with van der Waals surface area (Å²) in [7, 11) is -2.10. The molecule has 0 fully saturated rings. The molecule has 0 aliphatic carbocycles. The van der Waals surface area contributed by atoms with Gasteiger partial charge in [0.05, 0.1) is 18.0 Å². The van der Waals surface area contributed by atoms with Crippen molar-refractivity contribution in [2.75, 3.05) is 7.11 Å². The van der Waals surface area contributed by atoms with Gasteiger partial charge in [-0.2, -0.15) is 0 Å². The van der Waals surface area contributed by atoms with Gasteiger partial charge >= 0.3 is 0 Å². The van der Waals surface area contributed by atoms with Crippen LogP contribution in [0.15, 0.2) is 63.9 Å². The molecule has 0 aliphatic rings. The monoisotopic (exact) mass is 331 g/mol. The second-order valence-electron chi connectivity index (χ2n) is 5.21. The molecule has 0 unspecified atom stereocenters. The first kappa shape index (κ1) is 15.6. The van der Waals surface area contributed by atoms with Crippen LogP contribution >= 0.6 is 0 Å². The van der Waals surface area contributed by atoms with Gasteiger partial charge in [0.15, 0.2) is 0 Å². The van der Waals surface area contributed by atoms with Gasteiger partial charge in [0, 0.05) is 5.39 Å². The molecule has 1 N–H and O–H groups in total. The van der Waals surface area contributed by atoms with E-state index in [0.717, 1.165) is 11.0 Å². The molecule has 120 valence electrons. The first-order valence-corrected chi connectivity index (χ1v) is 8.63. The van der Waals surface area contributed by atoms with Crippen LogP contribution in [-0.2, 0) is 10.0 Å². The Morgan fingerprint density at radius 3 is 2.43 bits per heavy atom. The molecule has 1 aromatic heterocycles. The van der Waals surface area contributed by atoms with Gasteiger partial charge in [-0.25, -0.2) is 13.1 Å². The van der Waals surface area contributed by atoms with E-state index in [2.05, 4.69) is 4.72 Å². The molecule has 0 saturated heterocycles. The fourth-order valence-corrected chi connectivity index (χ4v) is 3.54. The lowest BCUT2D eigenvalue weighted by Gasteiger charge is -2.12. The Hall–Kier alpha value is -2.31. The van der Waals surface area contributed by atoms with E-state index in [1.54, 1.807) is 19.1 Å². The van der Waals surface area contributed by atoms with Crippen molar-refractivity contribution < 1.29 is 17.6 Å². The lowest BCUT2D eigenvalue weighted by Crippen LogP contribution is -2.26. The summed E-state index contributed by atoms with van der Waals surface area (Å²) in [4.78, 5) is 0.182. The summed E-state index contributed by atoms with van der Waals surface area (Å²) in [6, 6.07) is 15.2. The number of nitrogens with one attached hydrogen (secondary N) is 1. The number of hydrogen-bond acceptors (Lipinski definition) is 4. The molecule has 6 heteroatoms. The lowest BCUT2D eigenvalue weighted by atomic mass is 10.2. The van der Waals surface area contributed by atoms with Crippen LogP contribution in [0.1, 0.15) is 18.7 Å². The van der Waals surface area contributed by atoms with Crippen molar-refractivity contribution in [1.82, 2.24) is 4.72 Å². The third-order valence-corrected chi connectivity index (χ3v) is 5.13. The van der Waals surface area contributed by atoms with Crippen molar-refractivity contribution >= 4 is 21.0 Å². The van der Waals surface area contributed by atoms with E-state index >= 15 is 0 Å². The van der Waals surface area contributed by atoms with E-state index < -0.39 is 16.1 Å².